The van der Waals surface area contributed by atoms with Crippen LogP contribution in [-0.2, 0) is 56.8 Å². The zero-order valence-corrected chi connectivity index (χ0v) is 25.1. The number of nitrogens with one attached hydrogen (secondary N) is 1. The molecule has 13 nitrogen and oxygen atoms in total. The molecule has 0 aromatic heterocycles. The Morgan fingerprint density at radius 2 is 0.450 bits per heavy atom. The molecule has 0 rings (SSSR count). The molecule has 0 aromatic rings. The predicted molar refractivity (Wildman–Crippen MR) is 149 cm³/mol. The van der Waals surface area contributed by atoms with Crippen molar-refractivity contribution < 1.29 is 56.8 Å². The van der Waals surface area contributed by atoms with Crippen LogP contribution in [0.4, 0.5) is 0 Å². The van der Waals surface area contributed by atoms with Crippen LogP contribution in [0.25, 0.3) is 0 Å². The van der Waals surface area contributed by atoms with Gasteiger partial charge in [-0.1, -0.05) is 0 Å². The molecule has 0 saturated heterocycles. The molecule has 0 aliphatic heterocycles. The van der Waals surface area contributed by atoms with Crippen LogP contribution >= 0.6 is 0 Å². The molecule has 0 aliphatic carbocycles. The van der Waals surface area contributed by atoms with Crippen molar-refractivity contribution in [2.75, 3.05) is 172 Å². The third-order valence-electron chi connectivity index (χ3n) is 4.79. The van der Waals surface area contributed by atoms with E-state index in [1.54, 1.807) is 0 Å². The highest BCUT2D eigenvalue weighted by Crippen LogP contribution is 1.87. The molecule has 1 N–H and O–H groups in total. The van der Waals surface area contributed by atoms with Crippen molar-refractivity contribution in [3.63, 3.8) is 0 Å². The van der Waals surface area contributed by atoms with Gasteiger partial charge in [0.2, 0.25) is 0 Å². The normalized spacial score (nSPS) is 11.6. The average Bonchev–Trinajstić information content (AvgIpc) is 2.97. The van der Waals surface area contributed by atoms with Crippen molar-refractivity contribution in [1.82, 2.24) is 5.32 Å². The minimum absolute atomic E-state index is 0.519. The third kappa shape index (κ3) is 37.5. The fourth-order valence-corrected chi connectivity index (χ4v) is 2.74. The minimum atomic E-state index is 0.519. The summed E-state index contributed by atoms with van der Waals surface area (Å²) in [5, 5.41) is 3.02. The van der Waals surface area contributed by atoms with Gasteiger partial charge in [-0.2, -0.15) is 0 Å². The van der Waals surface area contributed by atoms with Crippen LogP contribution < -0.4 is 5.32 Å². The van der Waals surface area contributed by atoms with Crippen LogP contribution in [0.2, 0.25) is 0 Å². The van der Waals surface area contributed by atoms with Gasteiger partial charge in [0.1, 0.15) is 0 Å². The fraction of sp³-hybridized carbons (Fsp3) is 1.00. The van der Waals surface area contributed by atoms with Crippen LogP contribution in [-0.4, -0.2) is 172 Å². The van der Waals surface area contributed by atoms with E-state index in [4.69, 9.17) is 56.8 Å². The minimum Gasteiger partial charge on any atom is -0.379 e. The standard InChI is InChI=1S/C27H57NO12/c1-3-29-6-7-31-10-11-33-14-15-35-18-19-37-22-23-39-26-27-40-25-24-38-21-20-36-17-16-34-13-12-32-9-8-30-5-4-28-2/h28H,3-27H2,1-2H3. The van der Waals surface area contributed by atoms with Gasteiger partial charge in [-0.05, 0) is 14.0 Å². The first kappa shape index (κ1) is 39.5. The van der Waals surface area contributed by atoms with Crippen molar-refractivity contribution in [2.24, 2.45) is 0 Å². The van der Waals surface area contributed by atoms with E-state index in [0.29, 0.717) is 159 Å². The summed E-state index contributed by atoms with van der Waals surface area (Å²) in [7, 11) is 1.90. The van der Waals surface area contributed by atoms with E-state index < -0.39 is 0 Å². The maximum Gasteiger partial charge on any atom is 0.0701 e. The van der Waals surface area contributed by atoms with E-state index in [2.05, 4.69) is 5.32 Å². The maximum atomic E-state index is 5.47. The molecule has 0 fully saturated rings. The zero-order valence-electron chi connectivity index (χ0n) is 25.1. The molecular weight excluding hydrogens is 530 g/mol. The number of hydrogen-bond acceptors (Lipinski definition) is 13. The maximum absolute atomic E-state index is 5.47. The number of hydrogen-bond donors (Lipinski definition) is 1. The summed E-state index contributed by atoms with van der Waals surface area (Å²) in [5.74, 6) is 0. The van der Waals surface area contributed by atoms with E-state index in [9.17, 15) is 0 Å². The number of rotatable bonds is 37. The lowest BCUT2D eigenvalue weighted by Gasteiger charge is -2.09. The quantitative estimate of drug-likeness (QED) is 0.101. The van der Waals surface area contributed by atoms with Gasteiger partial charge in [0.25, 0.3) is 0 Å². The van der Waals surface area contributed by atoms with Gasteiger partial charge < -0.3 is 62.2 Å². The smallest absolute Gasteiger partial charge is 0.0701 e. The van der Waals surface area contributed by atoms with Crippen LogP contribution in [0.3, 0.4) is 0 Å². The molecular formula is C27H57NO12. The summed E-state index contributed by atoms with van der Waals surface area (Å²) >= 11 is 0. The molecule has 0 aromatic carbocycles. The third-order valence-corrected chi connectivity index (χ3v) is 4.79. The van der Waals surface area contributed by atoms with E-state index in [1.807, 2.05) is 14.0 Å². The summed E-state index contributed by atoms with van der Waals surface area (Å²) in [5.41, 5.74) is 0. The van der Waals surface area contributed by atoms with Crippen LogP contribution in [0.5, 0.6) is 0 Å². The first-order valence-corrected chi connectivity index (χ1v) is 14.5. The van der Waals surface area contributed by atoms with Gasteiger partial charge in [-0.3, -0.25) is 0 Å². The largest absolute Gasteiger partial charge is 0.379 e. The van der Waals surface area contributed by atoms with Crippen LogP contribution in [0.15, 0.2) is 0 Å². The first-order valence-electron chi connectivity index (χ1n) is 14.5. The summed E-state index contributed by atoms with van der Waals surface area (Å²) in [6.07, 6.45) is 0. The Labute approximate surface area is 241 Å². The molecule has 0 aliphatic rings. The lowest BCUT2D eigenvalue weighted by atomic mass is 10.6. The predicted octanol–water partition coefficient (Wildman–Crippen LogP) is 0.425. The van der Waals surface area contributed by atoms with Crippen LogP contribution in [0, 0.1) is 0 Å². The Morgan fingerprint density at radius 1 is 0.275 bits per heavy atom. The summed E-state index contributed by atoms with van der Waals surface area (Å²) in [6, 6.07) is 0. The monoisotopic (exact) mass is 587 g/mol. The van der Waals surface area contributed by atoms with E-state index in [0.717, 1.165) is 6.54 Å². The molecule has 242 valence electrons. The van der Waals surface area contributed by atoms with Crippen LogP contribution in [0.1, 0.15) is 6.92 Å². The molecule has 13 heteroatoms. The van der Waals surface area contributed by atoms with Gasteiger partial charge in [-0.25, -0.2) is 0 Å². The first-order chi connectivity index (χ1) is 19.9. The zero-order chi connectivity index (χ0) is 28.9. The summed E-state index contributed by atoms with van der Waals surface area (Å²) < 4.78 is 64.9. The van der Waals surface area contributed by atoms with Gasteiger partial charge in [0.15, 0.2) is 0 Å². The van der Waals surface area contributed by atoms with E-state index in [-0.39, 0.29) is 0 Å². The molecule has 0 bridgehead atoms. The SMILES string of the molecule is CCOCCOCCOCCOCCOCCOCCOCCOCCOCCOCCOCCOCCNC. The van der Waals surface area contributed by atoms with Crippen molar-refractivity contribution >= 4 is 0 Å². The van der Waals surface area contributed by atoms with Crippen molar-refractivity contribution in [3.05, 3.63) is 0 Å². The second-order valence-electron chi connectivity index (χ2n) is 8.04. The second-order valence-corrected chi connectivity index (χ2v) is 8.04. The van der Waals surface area contributed by atoms with E-state index >= 15 is 0 Å². The highest BCUT2D eigenvalue weighted by molar-refractivity contribution is 4.39. The second kappa shape index (κ2) is 38.5. The lowest BCUT2D eigenvalue weighted by Crippen LogP contribution is -2.17. The average molecular weight is 588 g/mol. The van der Waals surface area contributed by atoms with Crippen molar-refractivity contribution in [2.45, 2.75) is 6.92 Å². The molecule has 0 amide bonds. The molecule has 40 heavy (non-hydrogen) atoms. The number of likely N-dealkylation sites (N-methyl/N-ethyl adjacent to an activating group) is 1. The molecule has 0 spiro atoms. The molecule has 0 unspecified atom stereocenters. The Kier molecular flexibility index (Phi) is 38.0. The molecule has 0 heterocycles. The number of ether oxygens (including phenoxy) is 12. The Balaban J connectivity index is 3.01. The van der Waals surface area contributed by atoms with E-state index in [1.165, 1.54) is 0 Å². The summed E-state index contributed by atoms with van der Waals surface area (Å²) in [6.45, 7) is 16.2. The lowest BCUT2D eigenvalue weighted by molar-refractivity contribution is -0.0282. The van der Waals surface area contributed by atoms with Crippen molar-refractivity contribution in [1.29, 1.82) is 0 Å². The summed E-state index contributed by atoms with van der Waals surface area (Å²) in [4.78, 5) is 0. The van der Waals surface area contributed by atoms with Gasteiger partial charge in [0.05, 0.1) is 152 Å². The topological polar surface area (TPSA) is 123 Å². The van der Waals surface area contributed by atoms with Gasteiger partial charge >= 0.3 is 0 Å². The van der Waals surface area contributed by atoms with Gasteiger partial charge in [-0.15, -0.1) is 0 Å². The molecule has 0 saturated carbocycles. The Hall–Kier alpha value is -0.520. The highest BCUT2D eigenvalue weighted by Gasteiger charge is 1.96. The highest BCUT2D eigenvalue weighted by atomic mass is 16.6. The fourth-order valence-electron chi connectivity index (χ4n) is 2.74. The Morgan fingerprint density at radius 3 is 0.625 bits per heavy atom. The van der Waals surface area contributed by atoms with Crippen molar-refractivity contribution in [3.8, 4) is 0 Å². The molecule has 0 radical (unpaired) electrons. The van der Waals surface area contributed by atoms with Gasteiger partial charge in [0, 0.05) is 13.2 Å². The Bertz CT molecular complexity index is 402. The molecule has 0 atom stereocenters.